The fourth-order valence-electron chi connectivity index (χ4n) is 3.74. The molecule has 0 bridgehead atoms. The number of hydrogen-bond acceptors (Lipinski definition) is 7. The Hall–Kier alpha value is -1.80. The molecule has 0 spiro atoms. The number of carbonyl (C=O) groups is 2. The number of cyclic esters (lactones) is 1. The lowest BCUT2D eigenvalue weighted by Crippen LogP contribution is -2.63. The Kier molecular flexibility index (Phi) is 5.16. The van der Waals surface area contributed by atoms with Gasteiger partial charge in [-0.2, -0.15) is 4.89 Å². The monoisotopic (exact) mass is 401 g/mol. The largest absolute Gasteiger partial charge is 0.497 e. The number of fused-ring (bicyclic) bond motifs is 1. The highest BCUT2D eigenvalue weighted by Gasteiger charge is 2.62. The van der Waals surface area contributed by atoms with Gasteiger partial charge in [0.2, 0.25) is 11.8 Å². The zero-order valence-electron chi connectivity index (χ0n) is 13.8. The summed E-state index contributed by atoms with van der Waals surface area (Å²) in [6, 6.07) is 6.54. The van der Waals surface area contributed by atoms with Crippen molar-refractivity contribution < 1.29 is 28.8 Å². The van der Waals surface area contributed by atoms with E-state index in [0.29, 0.717) is 23.6 Å². The number of carbonyl (C=O) groups excluding carboxylic acids is 2. The third-order valence-corrected chi connectivity index (χ3v) is 5.14. The predicted molar refractivity (Wildman–Crippen MR) is 92.3 cm³/mol. The highest BCUT2D eigenvalue weighted by molar-refractivity contribution is 6.31. The number of ether oxygens (including phenoxy) is 2. The normalized spacial score (nSPS) is 30.8. The molecule has 0 aromatic heterocycles. The number of methoxy groups -OCH3 is 1. The minimum Gasteiger partial charge on any atom is -0.497 e. The van der Waals surface area contributed by atoms with Gasteiger partial charge in [-0.1, -0.05) is 29.8 Å². The maximum atomic E-state index is 12.1. The Balaban J connectivity index is 0.00000196. The lowest BCUT2D eigenvalue weighted by Gasteiger charge is -2.47. The zero-order chi connectivity index (χ0) is 17.6. The Bertz CT molecular complexity index is 769. The minimum atomic E-state index is -1.40. The third kappa shape index (κ3) is 2.66. The first kappa shape index (κ1) is 19.0. The molecule has 2 unspecified atom stereocenters. The standard InChI is InChI=1S/C17H16ClNO6.ClH/c1-22-13-9-14(20)23-15(13)17(10-5-2-3-6-11(10)18)19-8-4-7-12(19)16(21)24-25-17;/h2-3,5-6,9,12,15H,4,7-8H2,1H3;1H/t12-,15?,17?;/m0./s1. The van der Waals surface area contributed by atoms with Crippen LogP contribution in [-0.2, 0) is 34.6 Å². The van der Waals surface area contributed by atoms with Crippen molar-refractivity contribution in [3.05, 3.63) is 46.7 Å². The van der Waals surface area contributed by atoms with Gasteiger partial charge in [-0.15, -0.1) is 12.4 Å². The van der Waals surface area contributed by atoms with E-state index in [-0.39, 0.29) is 18.2 Å². The number of benzene rings is 1. The summed E-state index contributed by atoms with van der Waals surface area (Å²) in [5, 5.41) is 0.407. The predicted octanol–water partition coefficient (Wildman–Crippen LogP) is 2.32. The van der Waals surface area contributed by atoms with Crippen LogP contribution in [0, 0.1) is 0 Å². The van der Waals surface area contributed by atoms with Gasteiger partial charge in [-0.05, 0) is 18.9 Å². The van der Waals surface area contributed by atoms with Crippen molar-refractivity contribution in [2.75, 3.05) is 13.7 Å². The van der Waals surface area contributed by atoms with Gasteiger partial charge < -0.3 is 9.47 Å². The van der Waals surface area contributed by atoms with E-state index in [0.717, 1.165) is 6.42 Å². The quantitative estimate of drug-likeness (QED) is 0.568. The van der Waals surface area contributed by atoms with Gasteiger partial charge in [-0.3, -0.25) is 9.79 Å². The summed E-state index contributed by atoms with van der Waals surface area (Å²) in [5.74, 6) is -0.731. The van der Waals surface area contributed by atoms with Gasteiger partial charge in [0.15, 0.2) is 0 Å². The average molecular weight is 402 g/mol. The van der Waals surface area contributed by atoms with Crippen LogP contribution in [0.15, 0.2) is 36.1 Å². The molecule has 2 fully saturated rings. The Morgan fingerprint density at radius 1 is 1.31 bits per heavy atom. The van der Waals surface area contributed by atoms with E-state index in [1.165, 1.54) is 13.2 Å². The van der Waals surface area contributed by atoms with E-state index in [9.17, 15) is 9.59 Å². The third-order valence-electron chi connectivity index (χ3n) is 4.81. The van der Waals surface area contributed by atoms with Gasteiger partial charge in [0.05, 0.1) is 13.2 Å². The maximum absolute atomic E-state index is 12.1. The molecular formula is C17H17Cl2NO6. The molecule has 0 saturated carbocycles. The second-order valence-electron chi connectivity index (χ2n) is 6.08. The molecule has 0 amide bonds. The molecule has 4 rings (SSSR count). The zero-order valence-corrected chi connectivity index (χ0v) is 15.4. The molecule has 3 atom stereocenters. The highest BCUT2D eigenvalue weighted by atomic mass is 35.5. The first-order valence-electron chi connectivity index (χ1n) is 7.95. The average Bonchev–Trinajstić information content (AvgIpc) is 3.24. The first-order valence-corrected chi connectivity index (χ1v) is 8.33. The van der Waals surface area contributed by atoms with E-state index in [2.05, 4.69) is 0 Å². The van der Waals surface area contributed by atoms with Crippen molar-refractivity contribution in [1.82, 2.24) is 4.90 Å². The Morgan fingerprint density at radius 3 is 2.81 bits per heavy atom. The van der Waals surface area contributed by atoms with Crippen LogP contribution in [0.5, 0.6) is 0 Å². The number of halogens is 2. The van der Waals surface area contributed by atoms with Crippen molar-refractivity contribution in [1.29, 1.82) is 0 Å². The molecule has 1 aromatic rings. The van der Waals surface area contributed by atoms with Crippen molar-refractivity contribution in [3.8, 4) is 0 Å². The van der Waals surface area contributed by atoms with Crippen LogP contribution in [-0.4, -0.2) is 42.6 Å². The number of nitrogens with zero attached hydrogens (tertiary/aromatic N) is 1. The summed E-state index contributed by atoms with van der Waals surface area (Å²) >= 11 is 6.43. The molecule has 1 aromatic carbocycles. The van der Waals surface area contributed by atoms with Crippen LogP contribution in [0.1, 0.15) is 18.4 Å². The van der Waals surface area contributed by atoms with Gasteiger partial charge in [0, 0.05) is 17.1 Å². The van der Waals surface area contributed by atoms with Gasteiger partial charge in [-0.25, -0.2) is 9.59 Å². The number of rotatable bonds is 3. The fourth-order valence-corrected chi connectivity index (χ4v) is 4.01. The molecule has 0 N–H and O–H groups in total. The summed E-state index contributed by atoms with van der Waals surface area (Å²) < 4.78 is 10.8. The SMILES string of the molecule is COC1=CC(=O)OC1C1(c2ccccc2Cl)OOC(=O)[C@@H]2CCCN21.Cl. The summed E-state index contributed by atoms with van der Waals surface area (Å²) in [4.78, 5) is 36.5. The van der Waals surface area contributed by atoms with Crippen LogP contribution in [0.2, 0.25) is 5.02 Å². The highest BCUT2D eigenvalue weighted by Crippen LogP contribution is 2.48. The molecule has 3 aliphatic rings. The van der Waals surface area contributed by atoms with Crippen LogP contribution in [0.4, 0.5) is 0 Å². The van der Waals surface area contributed by atoms with Gasteiger partial charge in [0.1, 0.15) is 11.8 Å². The second-order valence-corrected chi connectivity index (χ2v) is 6.49. The molecule has 0 radical (unpaired) electrons. The molecular weight excluding hydrogens is 385 g/mol. The summed E-state index contributed by atoms with van der Waals surface area (Å²) in [6.45, 7) is 0.566. The van der Waals surface area contributed by atoms with E-state index in [1.54, 1.807) is 24.3 Å². The van der Waals surface area contributed by atoms with Crippen LogP contribution < -0.4 is 0 Å². The first-order chi connectivity index (χ1) is 12.1. The topological polar surface area (TPSA) is 74.3 Å². The van der Waals surface area contributed by atoms with Crippen LogP contribution >= 0.6 is 24.0 Å². The van der Waals surface area contributed by atoms with Crippen molar-refractivity contribution in [2.45, 2.75) is 30.7 Å². The van der Waals surface area contributed by atoms with Crippen molar-refractivity contribution in [2.24, 2.45) is 0 Å². The minimum absolute atomic E-state index is 0. The van der Waals surface area contributed by atoms with Gasteiger partial charge >= 0.3 is 11.9 Å². The summed E-state index contributed by atoms with van der Waals surface area (Å²) in [6.07, 6.45) is 1.72. The van der Waals surface area contributed by atoms with E-state index >= 15 is 0 Å². The van der Waals surface area contributed by atoms with Crippen molar-refractivity contribution >= 4 is 35.9 Å². The lowest BCUT2D eigenvalue weighted by molar-refractivity contribution is -0.418. The summed E-state index contributed by atoms with van der Waals surface area (Å²) in [7, 11) is 1.44. The smallest absolute Gasteiger partial charge is 0.359 e. The van der Waals surface area contributed by atoms with E-state index in [4.69, 9.17) is 30.8 Å². The molecule has 2 saturated heterocycles. The molecule has 3 aliphatic heterocycles. The van der Waals surface area contributed by atoms with E-state index in [1.807, 2.05) is 4.90 Å². The maximum Gasteiger partial charge on any atom is 0.359 e. The number of esters is 1. The Morgan fingerprint density at radius 2 is 2.08 bits per heavy atom. The second kappa shape index (κ2) is 7.08. The molecule has 9 heteroatoms. The van der Waals surface area contributed by atoms with Gasteiger partial charge in [0.25, 0.3) is 0 Å². The molecule has 7 nitrogen and oxygen atoms in total. The van der Waals surface area contributed by atoms with Crippen LogP contribution in [0.25, 0.3) is 0 Å². The fraction of sp³-hybridized carbons (Fsp3) is 0.412. The Labute approximate surface area is 161 Å². The lowest BCUT2D eigenvalue weighted by atomic mass is 9.92. The molecule has 26 heavy (non-hydrogen) atoms. The van der Waals surface area contributed by atoms with E-state index < -0.39 is 29.8 Å². The molecule has 140 valence electrons. The van der Waals surface area contributed by atoms with Crippen LogP contribution in [0.3, 0.4) is 0 Å². The molecule has 3 heterocycles. The van der Waals surface area contributed by atoms with Crippen molar-refractivity contribution in [3.63, 3.8) is 0 Å². The molecule has 0 aliphatic carbocycles. The summed E-state index contributed by atoms with van der Waals surface area (Å²) in [5.41, 5.74) is -0.861. The number of hydrogen-bond donors (Lipinski definition) is 0.